The van der Waals surface area contributed by atoms with Crippen molar-refractivity contribution in [2.24, 2.45) is 11.6 Å². The molecule has 3 rings (SSSR count). The van der Waals surface area contributed by atoms with Crippen molar-refractivity contribution in [3.8, 4) is 0 Å². The Morgan fingerprint density at radius 3 is 2.43 bits per heavy atom. The van der Waals surface area contributed by atoms with E-state index in [-0.39, 0.29) is 6.61 Å². The van der Waals surface area contributed by atoms with E-state index in [4.69, 9.17) is 11.6 Å². The predicted octanol–water partition coefficient (Wildman–Crippen LogP) is 1.50. The van der Waals surface area contributed by atoms with Gasteiger partial charge in [0.25, 0.3) is 0 Å². The van der Waals surface area contributed by atoms with Gasteiger partial charge in [0.05, 0.1) is 24.5 Å². The number of aliphatic hydroxyl groups excluding tert-OH is 1. The topological polar surface area (TPSA) is 78.8 Å². The molecular formula is C18H22N4O. The Labute approximate surface area is 136 Å². The Balaban J connectivity index is 2.03. The minimum atomic E-state index is -0.212. The molecule has 1 heterocycles. The normalized spacial score (nSPS) is 16.8. The number of hydrogen-bond acceptors (Lipinski definition) is 5. The fraction of sp³-hybridized carbons (Fsp3) is 0.222. The first kappa shape index (κ1) is 15.4. The van der Waals surface area contributed by atoms with Crippen LogP contribution in [-0.2, 0) is 6.54 Å². The summed E-state index contributed by atoms with van der Waals surface area (Å²) in [6.07, 6.45) is 0. The van der Waals surface area contributed by atoms with E-state index < -0.39 is 0 Å². The molecule has 0 atom stereocenters. The summed E-state index contributed by atoms with van der Waals surface area (Å²) in [4.78, 5) is 2.29. The van der Waals surface area contributed by atoms with Crippen molar-refractivity contribution >= 4 is 11.4 Å². The Morgan fingerprint density at radius 2 is 1.70 bits per heavy atom. The van der Waals surface area contributed by atoms with Gasteiger partial charge >= 0.3 is 0 Å². The molecule has 1 aliphatic rings. The standard InChI is InChI=1S/C18H22N4O/c19-16(13-23)18-15-8-4-5-9-17(15)21(10-11-22(18)20)12-14-6-2-1-3-7-14/h1-9,23H,10-13,19-20H2/b18-16-. The maximum absolute atomic E-state index is 9.44. The number of para-hydroxylation sites is 1. The molecule has 0 saturated heterocycles. The molecule has 23 heavy (non-hydrogen) atoms. The van der Waals surface area contributed by atoms with Crippen LogP contribution in [0.5, 0.6) is 0 Å². The van der Waals surface area contributed by atoms with Gasteiger partial charge in [0.15, 0.2) is 0 Å². The Morgan fingerprint density at radius 1 is 1.00 bits per heavy atom. The summed E-state index contributed by atoms with van der Waals surface area (Å²) in [6.45, 7) is 2.01. The van der Waals surface area contributed by atoms with E-state index in [2.05, 4.69) is 23.1 Å². The fourth-order valence-electron chi connectivity index (χ4n) is 2.97. The highest BCUT2D eigenvalue weighted by Crippen LogP contribution is 2.32. The maximum Gasteiger partial charge on any atom is 0.0847 e. The summed E-state index contributed by atoms with van der Waals surface area (Å²) in [5.41, 5.74) is 10.4. The van der Waals surface area contributed by atoms with Crippen LogP contribution in [0.2, 0.25) is 0 Å². The molecule has 0 amide bonds. The summed E-state index contributed by atoms with van der Waals surface area (Å²) in [5.74, 6) is 6.18. The van der Waals surface area contributed by atoms with Gasteiger partial charge in [0.2, 0.25) is 0 Å². The monoisotopic (exact) mass is 310 g/mol. The van der Waals surface area contributed by atoms with Crippen molar-refractivity contribution in [3.63, 3.8) is 0 Å². The zero-order valence-corrected chi connectivity index (χ0v) is 13.0. The Kier molecular flexibility index (Phi) is 4.50. The molecule has 0 unspecified atom stereocenters. The van der Waals surface area contributed by atoms with E-state index >= 15 is 0 Å². The van der Waals surface area contributed by atoms with Crippen LogP contribution in [0.1, 0.15) is 11.1 Å². The molecule has 2 aromatic carbocycles. The van der Waals surface area contributed by atoms with Crippen molar-refractivity contribution in [2.45, 2.75) is 6.54 Å². The quantitative estimate of drug-likeness (QED) is 0.749. The molecule has 2 aromatic rings. The molecule has 0 aliphatic carbocycles. The number of anilines is 1. The largest absolute Gasteiger partial charge is 0.398 e. The molecule has 0 spiro atoms. The van der Waals surface area contributed by atoms with Crippen LogP contribution in [0.4, 0.5) is 5.69 Å². The summed E-state index contributed by atoms with van der Waals surface area (Å²) in [7, 11) is 0. The van der Waals surface area contributed by atoms with E-state index in [1.165, 1.54) is 5.56 Å². The maximum atomic E-state index is 9.44. The number of nitrogens with two attached hydrogens (primary N) is 2. The molecule has 0 aromatic heterocycles. The lowest BCUT2D eigenvalue weighted by atomic mass is 10.1. The first-order chi connectivity index (χ1) is 11.2. The van der Waals surface area contributed by atoms with Crippen molar-refractivity contribution < 1.29 is 5.11 Å². The highest BCUT2D eigenvalue weighted by Gasteiger charge is 2.23. The average Bonchev–Trinajstić information content (AvgIpc) is 2.72. The van der Waals surface area contributed by atoms with Crippen LogP contribution in [0.3, 0.4) is 0 Å². The summed E-state index contributed by atoms with van der Waals surface area (Å²) < 4.78 is 0. The number of fused-ring (bicyclic) bond motifs is 1. The summed E-state index contributed by atoms with van der Waals surface area (Å²) >= 11 is 0. The van der Waals surface area contributed by atoms with Crippen molar-refractivity contribution in [1.29, 1.82) is 0 Å². The number of nitrogens with zero attached hydrogens (tertiary/aromatic N) is 2. The van der Waals surface area contributed by atoms with Gasteiger partial charge < -0.3 is 20.7 Å². The lowest BCUT2D eigenvalue weighted by Crippen LogP contribution is -2.36. The SMILES string of the molecule is N/C(CO)=C1/c2ccccc2N(Cc2ccccc2)CCN1N. The van der Waals surface area contributed by atoms with E-state index in [0.29, 0.717) is 17.9 Å². The van der Waals surface area contributed by atoms with E-state index in [0.717, 1.165) is 24.3 Å². The minimum Gasteiger partial charge on any atom is -0.398 e. The van der Waals surface area contributed by atoms with Gasteiger partial charge in [-0.3, -0.25) is 0 Å². The molecule has 5 heteroatoms. The number of rotatable bonds is 3. The highest BCUT2D eigenvalue weighted by molar-refractivity contribution is 5.78. The molecule has 1 aliphatic heterocycles. The van der Waals surface area contributed by atoms with Crippen molar-refractivity contribution in [3.05, 3.63) is 71.4 Å². The third kappa shape index (κ3) is 3.16. The van der Waals surface area contributed by atoms with Crippen molar-refractivity contribution in [1.82, 2.24) is 5.01 Å². The second-order valence-corrected chi connectivity index (χ2v) is 5.65. The predicted molar refractivity (Wildman–Crippen MR) is 93.0 cm³/mol. The molecule has 0 saturated carbocycles. The van der Waals surface area contributed by atoms with Crippen LogP contribution in [0.25, 0.3) is 5.70 Å². The lowest BCUT2D eigenvalue weighted by Gasteiger charge is -2.24. The van der Waals surface area contributed by atoms with Crippen LogP contribution >= 0.6 is 0 Å². The molecule has 120 valence electrons. The fourth-order valence-corrected chi connectivity index (χ4v) is 2.97. The third-order valence-electron chi connectivity index (χ3n) is 4.09. The molecule has 5 N–H and O–H groups in total. The lowest BCUT2D eigenvalue weighted by molar-refractivity contribution is 0.325. The Hall–Kier alpha value is -2.50. The van der Waals surface area contributed by atoms with E-state index in [1.54, 1.807) is 5.01 Å². The average molecular weight is 310 g/mol. The molecule has 0 fully saturated rings. The second kappa shape index (κ2) is 6.73. The Bertz CT molecular complexity index is 699. The number of benzene rings is 2. The van der Waals surface area contributed by atoms with Gasteiger partial charge in [0, 0.05) is 24.3 Å². The van der Waals surface area contributed by atoms with Crippen LogP contribution in [0.15, 0.2) is 60.3 Å². The highest BCUT2D eigenvalue weighted by atomic mass is 16.3. The van der Waals surface area contributed by atoms with Gasteiger partial charge in [-0.1, -0.05) is 48.5 Å². The van der Waals surface area contributed by atoms with E-state index in [9.17, 15) is 5.11 Å². The molecule has 0 radical (unpaired) electrons. The van der Waals surface area contributed by atoms with Gasteiger partial charge in [-0.25, -0.2) is 5.84 Å². The van der Waals surface area contributed by atoms with Gasteiger partial charge in [-0.05, 0) is 11.6 Å². The first-order valence-corrected chi connectivity index (χ1v) is 7.70. The van der Waals surface area contributed by atoms with Crippen LogP contribution in [-0.4, -0.2) is 29.8 Å². The number of hydrogen-bond donors (Lipinski definition) is 3. The summed E-state index contributed by atoms with van der Waals surface area (Å²) in [6, 6.07) is 18.4. The van der Waals surface area contributed by atoms with Crippen LogP contribution < -0.4 is 16.5 Å². The van der Waals surface area contributed by atoms with Crippen molar-refractivity contribution in [2.75, 3.05) is 24.6 Å². The second-order valence-electron chi connectivity index (χ2n) is 5.65. The first-order valence-electron chi connectivity index (χ1n) is 7.70. The third-order valence-corrected chi connectivity index (χ3v) is 4.09. The number of hydrazine groups is 1. The van der Waals surface area contributed by atoms with Gasteiger partial charge in [-0.2, -0.15) is 0 Å². The smallest absolute Gasteiger partial charge is 0.0847 e. The summed E-state index contributed by atoms with van der Waals surface area (Å²) in [5, 5.41) is 11.1. The molecular weight excluding hydrogens is 288 g/mol. The van der Waals surface area contributed by atoms with Crippen LogP contribution in [0, 0.1) is 0 Å². The van der Waals surface area contributed by atoms with E-state index in [1.807, 2.05) is 36.4 Å². The van der Waals surface area contributed by atoms with Gasteiger partial charge in [0.1, 0.15) is 0 Å². The zero-order chi connectivity index (χ0) is 16.2. The number of aliphatic hydroxyl groups is 1. The molecule has 5 nitrogen and oxygen atoms in total. The molecule has 0 bridgehead atoms. The van der Waals surface area contributed by atoms with Gasteiger partial charge in [-0.15, -0.1) is 0 Å². The zero-order valence-electron chi connectivity index (χ0n) is 13.0. The minimum absolute atomic E-state index is 0.212.